The van der Waals surface area contributed by atoms with E-state index in [1.165, 1.54) is 13.2 Å². The van der Waals surface area contributed by atoms with Gasteiger partial charge in [-0.3, -0.25) is 19.3 Å². The maximum absolute atomic E-state index is 12.8. The number of ether oxygens (including phenoxy) is 2. The molecule has 2 aliphatic heterocycles. The van der Waals surface area contributed by atoms with Crippen LogP contribution in [0.5, 0.6) is 5.75 Å². The molecule has 0 aromatic heterocycles. The number of rotatable bonds is 6. The molecule has 10 heteroatoms. The summed E-state index contributed by atoms with van der Waals surface area (Å²) in [6, 6.07) is 5.08. The van der Waals surface area contributed by atoms with Crippen LogP contribution in [0.2, 0.25) is 0 Å². The highest BCUT2D eigenvalue weighted by Gasteiger charge is 2.37. The average Bonchev–Trinajstić information content (AvgIpc) is 3.00. The number of esters is 1. The van der Waals surface area contributed by atoms with Crippen LogP contribution in [0.25, 0.3) is 6.08 Å². The van der Waals surface area contributed by atoms with Gasteiger partial charge in [-0.25, -0.2) is 4.79 Å². The van der Waals surface area contributed by atoms with E-state index in [1.54, 1.807) is 23.1 Å². The molecule has 0 radical (unpaired) electrons. The molecule has 0 spiro atoms. The van der Waals surface area contributed by atoms with E-state index in [0.29, 0.717) is 24.4 Å². The Hall–Kier alpha value is -2.33. The van der Waals surface area contributed by atoms with Crippen LogP contribution in [0.3, 0.4) is 0 Å². The Bertz CT molecular complexity index is 897. The first-order chi connectivity index (χ1) is 14.4. The summed E-state index contributed by atoms with van der Waals surface area (Å²) in [7, 11) is 1.26. The van der Waals surface area contributed by atoms with Crippen molar-refractivity contribution in [2.24, 2.45) is 0 Å². The number of likely N-dealkylation sites (tertiary alicyclic amines) is 1. The summed E-state index contributed by atoms with van der Waals surface area (Å²) < 4.78 is 10.8. The average molecular weight is 497 g/mol. The first-order valence-corrected chi connectivity index (χ1v) is 11.0. The van der Waals surface area contributed by atoms with Gasteiger partial charge < -0.3 is 14.4 Å². The Labute approximate surface area is 186 Å². The highest BCUT2D eigenvalue weighted by molar-refractivity contribution is 9.10. The molecule has 8 nitrogen and oxygen atoms in total. The van der Waals surface area contributed by atoms with Gasteiger partial charge in [-0.15, -0.1) is 0 Å². The van der Waals surface area contributed by atoms with Crippen LogP contribution in [0.4, 0.5) is 4.79 Å². The number of nitrogens with zero attached hydrogens (tertiary/aromatic N) is 2. The third kappa shape index (κ3) is 5.42. The summed E-state index contributed by atoms with van der Waals surface area (Å²) in [6.07, 6.45) is 4.48. The van der Waals surface area contributed by atoms with E-state index in [4.69, 9.17) is 4.74 Å². The fraction of sp³-hybridized carbons (Fsp3) is 0.400. The van der Waals surface area contributed by atoms with Crippen molar-refractivity contribution in [3.63, 3.8) is 0 Å². The molecule has 0 atom stereocenters. The normalized spacial score (nSPS) is 18.1. The molecule has 0 unspecified atom stereocenters. The number of hydrogen-bond donors (Lipinski definition) is 0. The minimum atomic E-state index is -0.541. The van der Waals surface area contributed by atoms with Crippen LogP contribution in [-0.4, -0.2) is 66.2 Å². The molecular weight excluding hydrogens is 476 g/mol. The van der Waals surface area contributed by atoms with Gasteiger partial charge in [0.1, 0.15) is 12.3 Å². The quantitative estimate of drug-likeness (QED) is 0.441. The molecular formula is C20H21BrN2O6S. The Morgan fingerprint density at radius 1 is 1.20 bits per heavy atom. The largest absolute Gasteiger partial charge is 0.481 e. The third-order valence-electron chi connectivity index (χ3n) is 4.71. The summed E-state index contributed by atoms with van der Waals surface area (Å²) in [5.41, 5.74) is 0.515. The number of piperidine rings is 1. The summed E-state index contributed by atoms with van der Waals surface area (Å²) in [4.78, 5) is 51.8. The summed E-state index contributed by atoms with van der Waals surface area (Å²) in [5.74, 6) is -0.919. The zero-order valence-electron chi connectivity index (χ0n) is 16.4. The lowest BCUT2D eigenvalue weighted by molar-refractivity contribution is -0.143. The lowest BCUT2D eigenvalue weighted by Crippen LogP contribution is -2.44. The molecule has 3 rings (SSSR count). The fourth-order valence-corrected chi connectivity index (χ4v) is 4.32. The maximum Gasteiger partial charge on any atom is 0.343 e. The Morgan fingerprint density at radius 2 is 1.93 bits per heavy atom. The number of halogens is 1. The smallest absolute Gasteiger partial charge is 0.343 e. The lowest BCUT2D eigenvalue weighted by Gasteiger charge is -2.27. The van der Waals surface area contributed by atoms with E-state index in [1.807, 2.05) is 0 Å². The zero-order chi connectivity index (χ0) is 21.7. The van der Waals surface area contributed by atoms with E-state index in [0.717, 1.165) is 40.4 Å². The van der Waals surface area contributed by atoms with Crippen molar-refractivity contribution in [1.82, 2.24) is 9.80 Å². The van der Waals surface area contributed by atoms with Gasteiger partial charge >= 0.3 is 5.97 Å². The molecule has 3 amide bonds. The molecule has 2 saturated heterocycles. The molecule has 160 valence electrons. The predicted molar refractivity (Wildman–Crippen MR) is 115 cm³/mol. The lowest BCUT2D eigenvalue weighted by atomic mass is 10.1. The van der Waals surface area contributed by atoms with E-state index in [9.17, 15) is 19.2 Å². The van der Waals surface area contributed by atoms with Crippen LogP contribution in [0.1, 0.15) is 24.8 Å². The molecule has 0 N–H and O–H groups in total. The number of thioether (sulfide) groups is 1. The van der Waals surface area contributed by atoms with Gasteiger partial charge in [-0.05, 0) is 55.3 Å². The number of benzene rings is 1. The first-order valence-electron chi connectivity index (χ1n) is 9.41. The van der Waals surface area contributed by atoms with E-state index < -0.39 is 17.1 Å². The third-order valence-corrected chi connectivity index (χ3v) is 6.11. The molecule has 0 bridgehead atoms. The van der Waals surface area contributed by atoms with Gasteiger partial charge in [0, 0.05) is 23.1 Å². The standard InChI is InChI=1S/C20H21BrN2O6S/c1-28-18(25)12-29-15-6-5-14(21)9-13(15)10-16-19(26)23(20(27)30-16)11-17(24)22-7-3-2-4-8-22/h5-6,9-10H,2-4,7-8,11-12H2,1H3/b16-10+. The van der Waals surface area contributed by atoms with E-state index in [-0.39, 0.29) is 24.0 Å². The van der Waals surface area contributed by atoms with Crippen LogP contribution in [-0.2, 0) is 19.1 Å². The number of carbonyl (C=O) groups is 4. The predicted octanol–water partition coefficient (Wildman–Crippen LogP) is 3.05. The zero-order valence-corrected chi connectivity index (χ0v) is 18.8. The summed E-state index contributed by atoms with van der Waals surface area (Å²) in [5, 5.41) is -0.483. The monoisotopic (exact) mass is 496 g/mol. The summed E-state index contributed by atoms with van der Waals surface area (Å²) in [6.45, 7) is 0.768. The van der Waals surface area contributed by atoms with Crippen molar-refractivity contribution >= 4 is 56.8 Å². The van der Waals surface area contributed by atoms with Gasteiger partial charge in [-0.1, -0.05) is 15.9 Å². The molecule has 1 aromatic carbocycles. The molecule has 1 aromatic rings. The highest BCUT2D eigenvalue weighted by Crippen LogP contribution is 2.35. The van der Waals surface area contributed by atoms with E-state index >= 15 is 0 Å². The van der Waals surface area contributed by atoms with Crippen molar-refractivity contribution in [2.45, 2.75) is 19.3 Å². The maximum atomic E-state index is 12.8. The fourth-order valence-electron chi connectivity index (χ4n) is 3.12. The first kappa shape index (κ1) is 22.4. The number of hydrogen-bond acceptors (Lipinski definition) is 7. The second-order valence-corrected chi connectivity index (χ2v) is 8.67. The molecule has 2 aliphatic rings. The van der Waals surface area contributed by atoms with Gasteiger partial charge in [0.15, 0.2) is 6.61 Å². The van der Waals surface area contributed by atoms with Crippen molar-refractivity contribution in [2.75, 3.05) is 33.4 Å². The molecule has 0 aliphatic carbocycles. The van der Waals surface area contributed by atoms with Crippen molar-refractivity contribution in [1.29, 1.82) is 0 Å². The molecule has 30 heavy (non-hydrogen) atoms. The topological polar surface area (TPSA) is 93.2 Å². The number of carbonyl (C=O) groups excluding carboxylic acids is 4. The van der Waals surface area contributed by atoms with Gasteiger partial charge in [0.2, 0.25) is 5.91 Å². The Kier molecular flexibility index (Phi) is 7.54. The Morgan fingerprint density at radius 3 is 2.63 bits per heavy atom. The number of methoxy groups -OCH3 is 1. The van der Waals surface area contributed by atoms with Crippen molar-refractivity contribution < 1.29 is 28.7 Å². The second kappa shape index (κ2) is 10.1. The molecule has 2 fully saturated rings. The second-order valence-electron chi connectivity index (χ2n) is 6.76. The van der Waals surface area contributed by atoms with Crippen molar-refractivity contribution in [3.05, 3.63) is 33.1 Å². The SMILES string of the molecule is COC(=O)COc1ccc(Br)cc1/C=C1/SC(=O)N(CC(=O)N2CCCCC2)C1=O. The minimum Gasteiger partial charge on any atom is -0.481 e. The van der Waals surface area contributed by atoms with Crippen LogP contribution in [0, 0.1) is 0 Å². The van der Waals surface area contributed by atoms with Gasteiger partial charge in [0.25, 0.3) is 11.1 Å². The molecule has 2 heterocycles. The van der Waals surface area contributed by atoms with Gasteiger partial charge in [-0.2, -0.15) is 0 Å². The molecule has 0 saturated carbocycles. The number of amides is 3. The van der Waals surface area contributed by atoms with Crippen LogP contribution >= 0.6 is 27.7 Å². The number of imide groups is 1. The summed E-state index contributed by atoms with van der Waals surface area (Å²) >= 11 is 4.13. The Balaban J connectivity index is 1.75. The van der Waals surface area contributed by atoms with E-state index in [2.05, 4.69) is 20.7 Å². The van der Waals surface area contributed by atoms with Crippen molar-refractivity contribution in [3.8, 4) is 5.75 Å². The highest BCUT2D eigenvalue weighted by atomic mass is 79.9. The van der Waals surface area contributed by atoms with Gasteiger partial charge in [0.05, 0.1) is 12.0 Å². The minimum absolute atomic E-state index is 0.187. The van der Waals surface area contributed by atoms with Crippen LogP contribution < -0.4 is 4.74 Å². The van der Waals surface area contributed by atoms with Crippen LogP contribution in [0.15, 0.2) is 27.6 Å².